The molecule has 1 aliphatic heterocycles. The Bertz CT molecular complexity index is 740. The summed E-state index contributed by atoms with van der Waals surface area (Å²) in [6.07, 6.45) is 2.37. The number of rotatable bonds is 5. The maximum Gasteiger partial charge on any atom is 0.231 e. The van der Waals surface area contributed by atoms with Crippen LogP contribution in [0.15, 0.2) is 23.4 Å². The second-order valence-corrected chi connectivity index (χ2v) is 6.40. The zero-order chi connectivity index (χ0) is 15.1. The SMILES string of the molecule is Cn1c(SCC(=O)c2ccc3c(c2)OCO3)nnc1C1CC1. The van der Waals surface area contributed by atoms with Crippen LogP contribution in [0.3, 0.4) is 0 Å². The highest BCUT2D eigenvalue weighted by Crippen LogP contribution is 2.39. The quantitative estimate of drug-likeness (QED) is 0.623. The van der Waals surface area contributed by atoms with Crippen molar-refractivity contribution in [2.24, 2.45) is 7.05 Å². The number of aromatic nitrogens is 3. The molecule has 0 atom stereocenters. The second kappa shape index (κ2) is 5.31. The number of carbonyl (C=O) groups is 1. The molecule has 4 rings (SSSR count). The normalized spacial score (nSPS) is 16.0. The monoisotopic (exact) mass is 317 g/mol. The lowest BCUT2D eigenvalue weighted by Crippen LogP contribution is -2.04. The first-order valence-corrected chi connectivity index (χ1v) is 8.16. The van der Waals surface area contributed by atoms with Gasteiger partial charge >= 0.3 is 0 Å². The highest BCUT2D eigenvalue weighted by Gasteiger charge is 2.29. The van der Waals surface area contributed by atoms with Crippen LogP contribution in [0.4, 0.5) is 0 Å². The minimum absolute atomic E-state index is 0.0410. The van der Waals surface area contributed by atoms with Crippen molar-refractivity contribution in [3.05, 3.63) is 29.6 Å². The van der Waals surface area contributed by atoms with E-state index in [1.54, 1.807) is 18.2 Å². The van der Waals surface area contributed by atoms with E-state index in [0.29, 0.717) is 28.7 Å². The van der Waals surface area contributed by atoms with Crippen molar-refractivity contribution >= 4 is 17.5 Å². The van der Waals surface area contributed by atoms with Crippen LogP contribution in [0.1, 0.15) is 34.9 Å². The molecule has 0 spiro atoms. The lowest BCUT2D eigenvalue weighted by atomic mass is 10.1. The first kappa shape index (κ1) is 13.6. The van der Waals surface area contributed by atoms with Gasteiger partial charge in [-0.3, -0.25) is 4.79 Å². The van der Waals surface area contributed by atoms with Crippen LogP contribution in [0.25, 0.3) is 0 Å². The average molecular weight is 317 g/mol. The zero-order valence-electron chi connectivity index (χ0n) is 12.1. The molecule has 2 aliphatic rings. The number of hydrogen-bond donors (Lipinski definition) is 0. The third-order valence-corrected chi connectivity index (χ3v) is 4.86. The summed E-state index contributed by atoms with van der Waals surface area (Å²) in [5.41, 5.74) is 0.626. The van der Waals surface area contributed by atoms with Gasteiger partial charge in [-0.1, -0.05) is 11.8 Å². The van der Waals surface area contributed by atoms with Gasteiger partial charge in [-0.2, -0.15) is 0 Å². The van der Waals surface area contributed by atoms with E-state index in [1.165, 1.54) is 24.6 Å². The molecule has 0 bridgehead atoms. The van der Waals surface area contributed by atoms with Crippen molar-refractivity contribution in [1.29, 1.82) is 0 Å². The maximum absolute atomic E-state index is 12.3. The van der Waals surface area contributed by atoms with E-state index in [1.807, 2.05) is 11.6 Å². The third-order valence-electron chi connectivity index (χ3n) is 3.84. The molecular weight excluding hydrogens is 302 g/mol. The number of benzene rings is 1. The van der Waals surface area contributed by atoms with E-state index < -0.39 is 0 Å². The summed E-state index contributed by atoms with van der Waals surface area (Å²) in [6.45, 7) is 0.213. The van der Waals surface area contributed by atoms with E-state index in [9.17, 15) is 4.79 Å². The highest BCUT2D eigenvalue weighted by molar-refractivity contribution is 7.99. The summed E-state index contributed by atoms with van der Waals surface area (Å²) in [4.78, 5) is 12.3. The number of fused-ring (bicyclic) bond motifs is 1. The molecule has 6 nitrogen and oxygen atoms in total. The lowest BCUT2D eigenvalue weighted by molar-refractivity contribution is 0.102. The number of hydrogen-bond acceptors (Lipinski definition) is 6. The molecule has 114 valence electrons. The molecule has 22 heavy (non-hydrogen) atoms. The summed E-state index contributed by atoms with van der Waals surface area (Å²) >= 11 is 1.42. The summed E-state index contributed by atoms with van der Waals surface area (Å²) in [5.74, 6) is 3.27. The largest absolute Gasteiger partial charge is 0.454 e. The Morgan fingerprint density at radius 2 is 2.14 bits per heavy atom. The number of Topliss-reactive ketones (excluding diaryl/α,β-unsaturated/α-hetero) is 1. The van der Waals surface area contributed by atoms with Crippen LogP contribution in [0.5, 0.6) is 11.5 Å². The Labute approximate surface area is 131 Å². The van der Waals surface area contributed by atoms with Gasteiger partial charge in [-0.15, -0.1) is 10.2 Å². The number of carbonyl (C=O) groups excluding carboxylic acids is 1. The minimum atomic E-state index is 0.0410. The van der Waals surface area contributed by atoms with Crippen molar-refractivity contribution in [2.75, 3.05) is 12.5 Å². The van der Waals surface area contributed by atoms with E-state index in [4.69, 9.17) is 9.47 Å². The number of thioether (sulfide) groups is 1. The highest BCUT2D eigenvalue weighted by atomic mass is 32.2. The molecule has 7 heteroatoms. The fourth-order valence-electron chi connectivity index (χ4n) is 2.43. The molecule has 2 aromatic rings. The Balaban J connectivity index is 1.44. The second-order valence-electron chi connectivity index (χ2n) is 5.45. The zero-order valence-corrected chi connectivity index (χ0v) is 12.9. The Morgan fingerprint density at radius 3 is 2.95 bits per heavy atom. The van der Waals surface area contributed by atoms with Gasteiger partial charge in [0.1, 0.15) is 5.82 Å². The Kier molecular flexibility index (Phi) is 3.29. The number of ketones is 1. The first-order chi connectivity index (χ1) is 10.7. The topological polar surface area (TPSA) is 66.2 Å². The molecule has 0 saturated heterocycles. The van der Waals surface area contributed by atoms with Crippen molar-refractivity contribution in [1.82, 2.24) is 14.8 Å². The molecule has 0 unspecified atom stereocenters. The van der Waals surface area contributed by atoms with Crippen LogP contribution in [0, 0.1) is 0 Å². The van der Waals surface area contributed by atoms with E-state index >= 15 is 0 Å². The molecule has 1 fully saturated rings. The predicted octanol–water partition coefficient (Wildman–Crippen LogP) is 2.40. The van der Waals surface area contributed by atoms with E-state index in [2.05, 4.69) is 10.2 Å². The van der Waals surface area contributed by atoms with Crippen molar-refractivity contribution in [3.8, 4) is 11.5 Å². The van der Waals surface area contributed by atoms with Gasteiger partial charge in [0.25, 0.3) is 0 Å². The molecule has 0 radical (unpaired) electrons. The standard InChI is InChI=1S/C15H15N3O3S/c1-18-14(9-2-3-9)16-17-15(18)22-7-11(19)10-4-5-12-13(6-10)21-8-20-12/h4-6,9H,2-3,7-8H2,1H3. The van der Waals surface area contributed by atoms with Crippen LogP contribution < -0.4 is 9.47 Å². The van der Waals surface area contributed by atoms with E-state index in [-0.39, 0.29) is 12.6 Å². The third kappa shape index (κ3) is 2.45. The average Bonchev–Trinajstić information content (AvgIpc) is 3.14. The number of ether oxygens (including phenoxy) is 2. The van der Waals surface area contributed by atoms with Crippen molar-refractivity contribution in [3.63, 3.8) is 0 Å². The summed E-state index contributed by atoms with van der Waals surface area (Å²) in [5, 5.41) is 9.19. The van der Waals surface area contributed by atoms with Gasteiger partial charge in [0, 0.05) is 18.5 Å². The molecule has 1 saturated carbocycles. The van der Waals surface area contributed by atoms with E-state index in [0.717, 1.165) is 11.0 Å². The predicted molar refractivity (Wildman–Crippen MR) is 80.6 cm³/mol. The molecular formula is C15H15N3O3S. The van der Waals surface area contributed by atoms with Gasteiger partial charge in [-0.25, -0.2) is 0 Å². The van der Waals surface area contributed by atoms with Crippen LogP contribution >= 0.6 is 11.8 Å². The Hall–Kier alpha value is -2.02. The molecule has 1 aliphatic carbocycles. The number of nitrogens with zero attached hydrogens (tertiary/aromatic N) is 3. The van der Waals surface area contributed by atoms with Gasteiger partial charge in [0.05, 0.1) is 5.75 Å². The van der Waals surface area contributed by atoms with Crippen LogP contribution in [-0.2, 0) is 7.05 Å². The summed E-state index contributed by atoms with van der Waals surface area (Å²) < 4.78 is 12.5. The molecule has 0 amide bonds. The minimum Gasteiger partial charge on any atom is -0.454 e. The van der Waals surface area contributed by atoms with Crippen LogP contribution in [0.2, 0.25) is 0 Å². The molecule has 0 N–H and O–H groups in total. The van der Waals surface area contributed by atoms with Gasteiger partial charge in [0.2, 0.25) is 6.79 Å². The fourth-order valence-corrected chi connectivity index (χ4v) is 3.24. The van der Waals surface area contributed by atoms with Crippen LogP contribution in [-0.4, -0.2) is 33.1 Å². The fraction of sp³-hybridized carbons (Fsp3) is 0.400. The molecule has 2 heterocycles. The summed E-state index contributed by atoms with van der Waals surface area (Å²) in [6, 6.07) is 5.27. The maximum atomic E-state index is 12.3. The van der Waals surface area contributed by atoms with Crippen molar-refractivity contribution in [2.45, 2.75) is 23.9 Å². The van der Waals surface area contributed by atoms with Gasteiger partial charge in [0.15, 0.2) is 22.4 Å². The summed E-state index contributed by atoms with van der Waals surface area (Å²) in [7, 11) is 1.96. The van der Waals surface area contributed by atoms with Crippen molar-refractivity contribution < 1.29 is 14.3 Å². The van der Waals surface area contributed by atoms with Gasteiger partial charge in [-0.05, 0) is 31.0 Å². The first-order valence-electron chi connectivity index (χ1n) is 7.17. The Morgan fingerprint density at radius 1 is 1.32 bits per heavy atom. The van der Waals surface area contributed by atoms with Gasteiger partial charge < -0.3 is 14.0 Å². The smallest absolute Gasteiger partial charge is 0.231 e. The molecule has 1 aromatic carbocycles. The molecule has 1 aromatic heterocycles. The lowest BCUT2D eigenvalue weighted by Gasteiger charge is -2.04.